The molecule has 0 bridgehead atoms. The third-order valence-electron chi connectivity index (χ3n) is 5.10. The van der Waals surface area contributed by atoms with Crippen LogP contribution in [-0.4, -0.2) is 27.7 Å². The van der Waals surface area contributed by atoms with Crippen LogP contribution in [0.25, 0.3) is 10.7 Å². The molecule has 1 aliphatic heterocycles. The van der Waals surface area contributed by atoms with Gasteiger partial charge in [0.1, 0.15) is 10.8 Å². The van der Waals surface area contributed by atoms with Crippen LogP contribution in [0.4, 0.5) is 10.1 Å². The standard InChI is InChI=1S/C24H15FN4O3S/c25-15-5-7-17(8-6-15)29-23(31)18-9-4-14(11-19(18)24(29)32)21(30)27-12-16-13-33-22(28-16)20-3-1-2-10-26-20/h1-11,13H,12H2,(H,27,30). The minimum atomic E-state index is -0.559. The van der Waals surface area contributed by atoms with Gasteiger partial charge in [-0.3, -0.25) is 19.4 Å². The quantitative estimate of drug-likeness (QED) is 0.455. The maximum atomic E-state index is 13.2. The maximum absolute atomic E-state index is 13.2. The van der Waals surface area contributed by atoms with E-state index in [1.54, 1.807) is 6.20 Å². The van der Waals surface area contributed by atoms with Crippen LogP contribution >= 0.6 is 11.3 Å². The molecule has 0 atom stereocenters. The van der Waals surface area contributed by atoms with Gasteiger partial charge in [-0.25, -0.2) is 14.3 Å². The minimum absolute atomic E-state index is 0.128. The molecule has 0 saturated heterocycles. The van der Waals surface area contributed by atoms with Gasteiger partial charge in [-0.1, -0.05) is 6.07 Å². The van der Waals surface area contributed by atoms with Crippen LogP contribution in [0.2, 0.25) is 0 Å². The van der Waals surface area contributed by atoms with Gasteiger partial charge < -0.3 is 5.32 Å². The molecule has 0 unspecified atom stereocenters. The lowest BCUT2D eigenvalue weighted by molar-refractivity contribution is 0.0923. The summed E-state index contributed by atoms with van der Waals surface area (Å²) in [6.07, 6.45) is 1.69. The summed E-state index contributed by atoms with van der Waals surface area (Å²) in [7, 11) is 0. The second-order valence-electron chi connectivity index (χ2n) is 7.22. The molecule has 0 spiro atoms. The highest BCUT2D eigenvalue weighted by Crippen LogP contribution is 2.29. The van der Waals surface area contributed by atoms with Crippen molar-refractivity contribution in [2.45, 2.75) is 6.54 Å². The van der Waals surface area contributed by atoms with Crippen molar-refractivity contribution in [3.63, 3.8) is 0 Å². The van der Waals surface area contributed by atoms with Crippen LogP contribution in [-0.2, 0) is 6.54 Å². The maximum Gasteiger partial charge on any atom is 0.266 e. The number of benzene rings is 2. The molecule has 7 nitrogen and oxygen atoms in total. The summed E-state index contributed by atoms with van der Waals surface area (Å²) in [6.45, 7) is 0.202. The summed E-state index contributed by atoms with van der Waals surface area (Å²) >= 11 is 1.43. The number of halogens is 1. The lowest BCUT2D eigenvalue weighted by Crippen LogP contribution is -2.29. The Labute approximate surface area is 191 Å². The van der Waals surface area contributed by atoms with Gasteiger partial charge in [0.2, 0.25) is 0 Å². The predicted molar refractivity (Wildman–Crippen MR) is 120 cm³/mol. The van der Waals surface area contributed by atoms with Gasteiger partial charge in [-0.05, 0) is 54.6 Å². The van der Waals surface area contributed by atoms with Crippen molar-refractivity contribution in [2.75, 3.05) is 4.90 Å². The third kappa shape index (κ3) is 3.90. The van der Waals surface area contributed by atoms with Gasteiger partial charge in [-0.15, -0.1) is 11.3 Å². The Balaban J connectivity index is 1.31. The number of hydrogen-bond acceptors (Lipinski definition) is 6. The first-order chi connectivity index (χ1) is 16.0. The van der Waals surface area contributed by atoms with Gasteiger partial charge in [0.15, 0.2) is 0 Å². The van der Waals surface area contributed by atoms with Gasteiger partial charge >= 0.3 is 0 Å². The number of nitrogens with zero attached hydrogens (tertiary/aromatic N) is 3. The van der Waals surface area contributed by atoms with E-state index >= 15 is 0 Å². The van der Waals surface area contributed by atoms with Gasteiger partial charge in [0.05, 0.1) is 34.7 Å². The van der Waals surface area contributed by atoms with E-state index in [0.29, 0.717) is 5.69 Å². The zero-order valence-electron chi connectivity index (χ0n) is 17.0. The third-order valence-corrected chi connectivity index (χ3v) is 6.01. The van der Waals surface area contributed by atoms with E-state index < -0.39 is 23.5 Å². The molecule has 0 saturated carbocycles. The van der Waals surface area contributed by atoms with Crippen LogP contribution in [0, 0.1) is 5.82 Å². The van der Waals surface area contributed by atoms with Crippen molar-refractivity contribution in [1.29, 1.82) is 0 Å². The number of rotatable bonds is 5. The fraction of sp³-hybridized carbons (Fsp3) is 0.0417. The lowest BCUT2D eigenvalue weighted by Gasteiger charge is -2.13. The Morgan fingerprint density at radius 2 is 1.79 bits per heavy atom. The number of carbonyl (C=O) groups excluding carboxylic acids is 3. The summed E-state index contributed by atoms with van der Waals surface area (Å²) in [5.74, 6) is -1.94. The normalized spacial score (nSPS) is 12.7. The van der Waals surface area contributed by atoms with Gasteiger partial charge in [0.25, 0.3) is 17.7 Å². The predicted octanol–water partition coefficient (Wildman–Crippen LogP) is 4.07. The molecule has 5 rings (SSSR count). The fourth-order valence-electron chi connectivity index (χ4n) is 3.47. The molecule has 1 N–H and O–H groups in total. The van der Waals surface area contributed by atoms with Crippen molar-refractivity contribution >= 4 is 34.7 Å². The molecular weight excluding hydrogens is 443 g/mol. The molecule has 0 aliphatic carbocycles. The molecule has 4 aromatic rings. The molecular formula is C24H15FN4O3S. The summed E-state index contributed by atoms with van der Waals surface area (Å²) in [4.78, 5) is 47.9. The van der Waals surface area contributed by atoms with E-state index in [9.17, 15) is 18.8 Å². The zero-order valence-corrected chi connectivity index (χ0v) is 17.8. The monoisotopic (exact) mass is 458 g/mol. The number of thiazole rings is 1. The molecule has 2 aromatic carbocycles. The first-order valence-electron chi connectivity index (χ1n) is 9.93. The van der Waals surface area contributed by atoms with E-state index in [4.69, 9.17) is 0 Å². The van der Waals surface area contributed by atoms with Gasteiger partial charge in [0, 0.05) is 17.1 Å². The number of amides is 3. The van der Waals surface area contributed by atoms with Crippen molar-refractivity contribution < 1.29 is 18.8 Å². The summed E-state index contributed by atoms with van der Waals surface area (Å²) in [5, 5.41) is 5.37. The fourth-order valence-corrected chi connectivity index (χ4v) is 4.27. The Kier molecular flexibility index (Phi) is 5.23. The number of carbonyl (C=O) groups is 3. The first-order valence-corrected chi connectivity index (χ1v) is 10.8. The highest BCUT2D eigenvalue weighted by atomic mass is 32.1. The second kappa shape index (κ2) is 8.36. The number of fused-ring (bicyclic) bond motifs is 1. The number of nitrogens with one attached hydrogen (secondary N) is 1. The Morgan fingerprint density at radius 3 is 2.55 bits per heavy atom. The van der Waals surface area contributed by atoms with Crippen LogP contribution in [0.15, 0.2) is 72.2 Å². The molecule has 0 radical (unpaired) electrons. The second-order valence-corrected chi connectivity index (χ2v) is 8.08. The van der Waals surface area contributed by atoms with Crippen LogP contribution in [0.1, 0.15) is 36.8 Å². The van der Waals surface area contributed by atoms with Crippen molar-refractivity contribution in [3.05, 3.63) is 100 Å². The van der Waals surface area contributed by atoms with E-state index in [0.717, 1.165) is 15.6 Å². The average molecular weight is 458 g/mol. The summed E-state index contributed by atoms with van der Waals surface area (Å²) in [6, 6.07) is 15.0. The van der Waals surface area contributed by atoms with Crippen LogP contribution < -0.4 is 10.2 Å². The van der Waals surface area contributed by atoms with E-state index in [2.05, 4.69) is 15.3 Å². The number of imide groups is 1. The molecule has 3 amide bonds. The summed E-state index contributed by atoms with van der Waals surface area (Å²) in [5.41, 5.74) is 2.27. The minimum Gasteiger partial charge on any atom is -0.346 e. The van der Waals surface area contributed by atoms with E-state index in [1.807, 2.05) is 23.6 Å². The molecule has 33 heavy (non-hydrogen) atoms. The first kappa shape index (κ1) is 20.7. The van der Waals surface area contributed by atoms with Crippen molar-refractivity contribution in [3.8, 4) is 10.7 Å². The van der Waals surface area contributed by atoms with Crippen LogP contribution in [0.3, 0.4) is 0 Å². The van der Waals surface area contributed by atoms with E-state index in [-0.39, 0.29) is 28.9 Å². The largest absolute Gasteiger partial charge is 0.346 e. The SMILES string of the molecule is O=C(NCc1csc(-c2ccccn2)n1)c1ccc2c(c1)C(=O)N(c1ccc(F)cc1)C2=O. The number of aromatic nitrogens is 2. The van der Waals surface area contributed by atoms with Gasteiger partial charge in [-0.2, -0.15) is 0 Å². The molecule has 2 aromatic heterocycles. The van der Waals surface area contributed by atoms with Crippen molar-refractivity contribution in [2.24, 2.45) is 0 Å². The number of anilines is 1. The summed E-state index contributed by atoms with van der Waals surface area (Å²) < 4.78 is 13.2. The lowest BCUT2D eigenvalue weighted by atomic mass is 10.1. The Bertz CT molecular complexity index is 1390. The number of hydrogen-bond donors (Lipinski definition) is 1. The number of pyridine rings is 1. The van der Waals surface area contributed by atoms with Crippen molar-refractivity contribution in [1.82, 2.24) is 15.3 Å². The highest BCUT2D eigenvalue weighted by molar-refractivity contribution is 7.13. The smallest absolute Gasteiger partial charge is 0.266 e. The molecule has 162 valence electrons. The Morgan fingerprint density at radius 1 is 1.00 bits per heavy atom. The molecule has 0 fully saturated rings. The highest BCUT2D eigenvalue weighted by Gasteiger charge is 2.37. The van der Waals surface area contributed by atoms with Crippen LogP contribution in [0.5, 0.6) is 0 Å². The molecule has 1 aliphatic rings. The topological polar surface area (TPSA) is 92.3 Å². The zero-order chi connectivity index (χ0) is 22.9. The molecule has 9 heteroatoms. The average Bonchev–Trinajstić information content (AvgIpc) is 3.42. The molecule has 3 heterocycles. The van der Waals surface area contributed by atoms with E-state index in [1.165, 1.54) is 53.8 Å². The Hall–Kier alpha value is -4.24.